The number of hydrogen-bond donors (Lipinski definition) is 0. The first-order valence-electron chi connectivity index (χ1n) is 10.3. The van der Waals surface area contributed by atoms with Crippen molar-refractivity contribution < 1.29 is 13.6 Å². The van der Waals surface area contributed by atoms with Gasteiger partial charge in [0.2, 0.25) is 0 Å². The Labute approximate surface area is 170 Å². The molecule has 1 atom stereocenters. The first-order chi connectivity index (χ1) is 14.0. The maximum atomic E-state index is 13.5. The lowest BCUT2D eigenvalue weighted by atomic mass is 10.0. The molecule has 154 valence electrons. The average molecular weight is 399 g/mol. The highest BCUT2D eigenvalue weighted by Gasteiger charge is 2.30. The molecule has 0 unspecified atom stereocenters. The van der Waals surface area contributed by atoms with Crippen LogP contribution in [-0.4, -0.2) is 61.0 Å². The third-order valence-electron chi connectivity index (χ3n) is 6.08. The fourth-order valence-electron chi connectivity index (χ4n) is 4.54. The molecule has 0 aromatic heterocycles. The van der Waals surface area contributed by atoms with E-state index in [2.05, 4.69) is 41.0 Å². The summed E-state index contributed by atoms with van der Waals surface area (Å²) in [6, 6.07) is 11.8. The van der Waals surface area contributed by atoms with Crippen molar-refractivity contribution in [1.82, 2.24) is 9.80 Å². The average Bonchev–Trinajstić information content (AvgIpc) is 2.73. The number of anilines is 1. The Morgan fingerprint density at radius 1 is 0.966 bits per heavy atom. The van der Waals surface area contributed by atoms with Crippen molar-refractivity contribution in [2.24, 2.45) is 0 Å². The monoisotopic (exact) mass is 399 g/mol. The predicted octanol–water partition coefficient (Wildman–Crippen LogP) is 3.70. The van der Waals surface area contributed by atoms with Crippen molar-refractivity contribution in [3.63, 3.8) is 0 Å². The molecule has 0 aliphatic carbocycles. The molecule has 0 bridgehead atoms. The first-order valence-corrected chi connectivity index (χ1v) is 10.3. The van der Waals surface area contributed by atoms with Crippen LogP contribution in [0.1, 0.15) is 28.8 Å². The number of halogens is 2. The molecule has 2 saturated heterocycles. The van der Waals surface area contributed by atoms with Gasteiger partial charge in [-0.15, -0.1) is 0 Å². The van der Waals surface area contributed by atoms with E-state index in [-0.39, 0.29) is 11.5 Å². The summed E-state index contributed by atoms with van der Waals surface area (Å²) in [5.41, 5.74) is 2.67. The van der Waals surface area contributed by atoms with Gasteiger partial charge in [-0.3, -0.25) is 9.69 Å². The van der Waals surface area contributed by atoms with Gasteiger partial charge in [-0.1, -0.05) is 18.2 Å². The van der Waals surface area contributed by atoms with Crippen molar-refractivity contribution in [2.75, 3.05) is 44.2 Å². The number of benzene rings is 2. The lowest BCUT2D eigenvalue weighted by Crippen LogP contribution is -2.56. The van der Waals surface area contributed by atoms with Gasteiger partial charge in [-0.2, -0.15) is 0 Å². The second-order valence-corrected chi connectivity index (χ2v) is 8.01. The largest absolute Gasteiger partial charge is 0.369 e. The summed E-state index contributed by atoms with van der Waals surface area (Å²) in [7, 11) is 0. The van der Waals surface area contributed by atoms with Gasteiger partial charge in [0.05, 0.1) is 0 Å². The summed E-state index contributed by atoms with van der Waals surface area (Å²) in [6.45, 7) is 7.22. The van der Waals surface area contributed by atoms with Gasteiger partial charge < -0.3 is 9.80 Å². The van der Waals surface area contributed by atoms with E-state index in [0.717, 1.165) is 57.2 Å². The molecular weight excluding hydrogens is 372 g/mol. The minimum atomic E-state index is -0.714. The molecule has 4 rings (SSSR count). The quantitative estimate of drug-likeness (QED) is 0.788. The van der Waals surface area contributed by atoms with Crippen molar-refractivity contribution in [3.8, 4) is 0 Å². The van der Waals surface area contributed by atoms with Crippen molar-refractivity contribution in [1.29, 1.82) is 0 Å². The zero-order chi connectivity index (χ0) is 20.4. The molecule has 2 fully saturated rings. The maximum Gasteiger partial charge on any atom is 0.254 e. The smallest absolute Gasteiger partial charge is 0.254 e. The third kappa shape index (κ3) is 4.42. The van der Waals surface area contributed by atoms with Gasteiger partial charge in [0.1, 0.15) is 11.6 Å². The summed E-state index contributed by atoms with van der Waals surface area (Å²) < 4.78 is 27.0. The fourth-order valence-corrected chi connectivity index (χ4v) is 4.54. The highest BCUT2D eigenvalue weighted by atomic mass is 19.1. The molecule has 0 saturated carbocycles. The second kappa shape index (κ2) is 8.49. The van der Waals surface area contributed by atoms with Gasteiger partial charge in [0.15, 0.2) is 0 Å². The van der Waals surface area contributed by atoms with E-state index in [0.29, 0.717) is 19.1 Å². The van der Waals surface area contributed by atoms with Crippen LogP contribution in [0.5, 0.6) is 0 Å². The Hall–Kier alpha value is -2.47. The summed E-state index contributed by atoms with van der Waals surface area (Å²) in [5.74, 6) is -1.71. The van der Waals surface area contributed by atoms with Crippen LogP contribution in [0, 0.1) is 18.6 Å². The highest BCUT2D eigenvalue weighted by molar-refractivity contribution is 5.94. The number of aryl methyl sites for hydroxylation is 1. The molecule has 2 aliphatic heterocycles. The standard InChI is InChI=1S/C23H27F2N3O/c1-17-5-2-3-7-22(17)27-11-9-26(10-12-27)21-6-4-8-28(16-21)23(29)18-13-19(24)15-20(25)14-18/h2-3,5,7,13-15,21H,4,6,8-12,16H2,1H3/t21-/m1/s1. The first kappa shape index (κ1) is 19.8. The van der Waals surface area contributed by atoms with E-state index in [1.165, 1.54) is 11.3 Å². The molecule has 6 heteroatoms. The number of amides is 1. The number of likely N-dealkylation sites (tertiary alicyclic amines) is 1. The fraction of sp³-hybridized carbons (Fsp3) is 0.435. The van der Waals surface area contributed by atoms with E-state index >= 15 is 0 Å². The number of carbonyl (C=O) groups is 1. The SMILES string of the molecule is Cc1ccccc1N1CCN([C@@H]2CCCN(C(=O)c3cc(F)cc(F)c3)C2)CC1. The molecule has 29 heavy (non-hydrogen) atoms. The molecule has 2 aromatic carbocycles. The van der Waals surface area contributed by atoms with Gasteiger partial charge >= 0.3 is 0 Å². The summed E-state index contributed by atoms with van der Waals surface area (Å²) in [5, 5.41) is 0. The molecule has 0 radical (unpaired) electrons. The lowest BCUT2D eigenvalue weighted by molar-refractivity contribution is 0.0562. The Morgan fingerprint density at radius 2 is 1.66 bits per heavy atom. The number of rotatable bonds is 3. The van der Waals surface area contributed by atoms with E-state index in [1.807, 2.05) is 0 Å². The zero-order valence-electron chi connectivity index (χ0n) is 16.8. The normalized spacial score (nSPS) is 20.7. The number of piperazine rings is 1. The van der Waals surface area contributed by atoms with E-state index in [9.17, 15) is 13.6 Å². The van der Waals surface area contributed by atoms with Crippen LogP contribution < -0.4 is 4.90 Å². The Bertz CT molecular complexity index is 860. The predicted molar refractivity (Wildman–Crippen MR) is 110 cm³/mol. The molecule has 2 heterocycles. The Balaban J connectivity index is 1.38. The maximum absolute atomic E-state index is 13.5. The summed E-state index contributed by atoms with van der Waals surface area (Å²) >= 11 is 0. The Morgan fingerprint density at radius 3 is 2.34 bits per heavy atom. The number of carbonyl (C=O) groups excluding carboxylic acids is 1. The van der Waals surface area contributed by atoms with Gasteiger partial charge in [0, 0.05) is 62.6 Å². The van der Waals surface area contributed by atoms with Crippen LogP contribution >= 0.6 is 0 Å². The summed E-state index contributed by atoms with van der Waals surface area (Å²) in [6.07, 6.45) is 1.96. The molecule has 4 nitrogen and oxygen atoms in total. The van der Waals surface area contributed by atoms with Gasteiger partial charge in [0.25, 0.3) is 5.91 Å². The van der Waals surface area contributed by atoms with Crippen LogP contribution in [0.4, 0.5) is 14.5 Å². The number of hydrogen-bond acceptors (Lipinski definition) is 3. The molecule has 0 N–H and O–H groups in total. The van der Waals surface area contributed by atoms with E-state index < -0.39 is 11.6 Å². The third-order valence-corrected chi connectivity index (χ3v) is 6.08. The number of piperidine rings is 1. The van der Waals surface area contributed by atoms with E-state index in [4.69, 9.17) is 0 Å². The van der Waals surface area contributed by atoms with E-state index in [1.54, 1.807) is 4.90 Å². The molecular formula is C23H27F2N3O. The van der Waals surface area contributed by atoms with Crippen LogP contribution in [0.15, 0.2) is 42.5 Å². The highest BCUT2D eigenvalue weighted by Crippen LogP contribution is 2.24. The molecule has 2 aromatic rings. The van der Waals surface area contributed by atoms with Gasteiger partial charge in [-0.05, 0) is 43.5 Å². The van der Waals surface area contributed by atoms with Crippen LogP contribution in [0.2, 0.25) is 0 Å². The number of para-hydroxylation sites is 1. The minimum Gasteiger partial charge on any atom is -0.369 e. The minimum absolute atomic E-state index is 0.0903. The lowest BCUT2D eigenvalue weighted by Gasteiger charge is -2.44. The second-order valence-electron chi connectivity index (χ2n) is 8.01. The molecule has 2 aliphatic rings. The molecule has 1 amide bonds. The zero-order valence-corrected chi connectivity index (χ0v) is 16.8. The van der Waals surface area contributed by atoms with Crippen molar-refractivity contribution in [3.05, 3.63) is 65.2 Å². The number of nitrogens with zero attached hydrogens (tertiary/aromatic N) is 3. The topological polar surface area (TPSA) is 26.8 Å². The van der Waals surface area contributed by atoms with Crippen molar-refractivity contribution >= 4 is 11.6 Å². The Kier molecular flexibility index (Phi) is 5.81. The van der Waals surface area contributed by atoms with Crippen LogP contribution in [0.25, 0.3) is 0 Å². The van der Waals surface area contributed by atoms with Crippen LogP contribution in [-0.2, 0) is 0 Å². The molecule has 0 spiro atoms. The van der Waals surface area contributed by atoms with Crippen molar-refractivity contribution in [2.45, 2.75) is 25.8 Å². The van der Waals surface area contributed by atoms with Crippen LogP contribution in [0.3, 0.4) is 0 Å². The van der Waals surface area contributed by atoms with Gasteiger partial charge in [-0.25, -0.2) is 8.78 Å². The summed E-state index contributed by atoms with van der Waals surface area (Å²) in [4.78, 5) is 19.4.